The lowest BCUT2D eigenvalue weighted by Gasteiger charge is -2.06. The second-order valence-electron chi connectivity index (χ2n) is 2.56. The molecule has 0 saturated heterocycles. The minimum Gasteiger partial charge on any atom is -0.481 e. The number of nitrogens with zero attached hydrogens (tertiary/aromatic N) is 1. The molecule has 0 fully saturated rings. The summed E-state index contributed by atoms with van der Waals surface area (Å²) in [5.41, 5.74) is 0. The molecule has 0 aliphatic rings. The Morgan fingerprint density at radius 1 is 1.73 bits per heavy atom. The van der Waals surface area contributed by atoms with E-state index < -0.39 is 0 Å². The Labute approximate surface area is 92.6 Å². The van der Waals surface area contributed by atoms with E-state index >= 15 is 0 Å². The second-order valence-corrected chi connectivity index (χ2v) is 2.92. The van der Waals surface area contributed by atoms with Crippen LogP contribution in [0.15, 0.2) is 18.3 Å². The third-order valence-electron chi connectivity index (χ3n) is 1.47. The summed E-state index contributed by atoms with van der Waals surface area (Å²) in [5, 5.41) is 2.68. The number of rotatable bonds is 4. The zero-order valence-corrected chi connectivity index (χ0v) is 8.62. The molecule has 1 aromatic heterocycles. The normalized spacial score (nSPS) is 9.07. The van der Waals surface area contributed by atoms with Gasteiger partial charge in [0.2, 0.25) is 0 Å². The first-order valence-electron chi connectivity index (χ1n) is 4.17. The molecule has 0 aromatic carbocycles. The Morgan fingerprint density at radius 2 is 2.53 bits per heavy atom. The lowest BCUT2D eigenvalue weighted by Crippen LogP contribution is -2.29. The number of ether oxygens (including phenoxy) is 1. The van der Waals surface area contributed by atoms with Gasteiger partial charge in [-0.05, 0) is 12.1 Å². The van der Waals surface area contributed by atoms with E-state index in [0.29, 0.717) is 5.75 Å². The molecule has 1 amide bonds. The molecule has 15 heavy (non-hydrogen) atoms. The SMILES string of the molecule is C#CCNC(=O)COc1cccnc1Cl. The third kappa shape index (κ3) is 3.88. The van der Waals surface area contributed by atoms with Gasteiger partial charge in [0, 0.05) is 6.20 Å². The van der Waals surface area contributed by atoms with Crippen molar-refractivity contribution < 1.29 is 9.53 Å². The molecule has 4 nitrogen and oxygen atoms in total. The smallest absolute Gasteiger partial charge is 0.258 e. The summed E-state index contributed by atoms with van der Waals surface area (Å²) < 4.78 is 5.12. The lowest BCUT2D eigenvalue weighted by molar-refractivity contribution is -0.122. The van der Waals surface area contributed by atoms with Crippen molar-refractivity contribution >= 4 is 17.5 Å². The van der Waals surface area contributed by atoms with Crippen LogP contribution in [0.3, 0.4) is 0 Å². The number of pyridine rings is 1. The van der Waals surface area contributed by atoms with Gasteiger partial charge in [0.1, 0.15) is 0 Å². The van der Waals surface area contributed by atoms with E-state index in [1.165, 1.54) is 6.20 Å². The Bertz CT molecular complexity index is 387. The maximum Gasteiger partial charge on any atom is 0.258 e. The van der Waals surface area contributed by atoms with Crippen molar-refractivity contribution in [3.8, 4) is 18.1 Å². The number of nitrogens with one attached hydrogen (secondary N) is 1. The molecule has 0 saturated carbocycles. The van der Waals surface area contributed by atoms with Crippen LogP contribution in [-0.4, -0.2) is 24.0 Å². The number of carbonyl (C=O) groups excluding carboxylic acids is 1. The Morgan fingerprint density at radius 3 is 3.20 bits per heavy atom. The Balaban J connectivity index is 2.41. The summed E-state index contributed by atoms with van der Waals surface area (Å²) in [6.45, 7) is 0.0516. The molecule has 0 aliphatic heterocycles. The molecule has 0 bridgehead atoms. The topological polar surface area (TPSA) is 51.2 Å². The second kappa shape index (κ2) is 5.89. The number of hydrogen-bond donors (Lipinski definition) is 1. The van der Waals surface area contributed by atoms with Crippen molar-refractivity contribution in [2.24, 2.45) is 0 Å². The number of terminal acetylenes is 1. The van der Waals surface area contributed by atoms with Gasteiger partial charge in [-0.15, -0.1) is 6.42 Å². The minimum atomic E-state index is -0.298. The van der Waals surface area contributed by atoms with E-state index in [9.17, 15) is 4.79 Å². The highest BCUT2D eigenvalue weighted by Crippen LogP contribution is 2.19. The highest BCUT2D eigenvalue weighted by Gasteiger charge is 2.04. The summed E-state index contributed by atoms with van der Waals surface area (Å²) in [5.74, 6) is 2.35. The van der Waals surface area contributed by atoms with Crippen molar-refractivity contribution in [2.45, 2.75) is 0 Å². The van der Waals surface area contributed by atoms with Gasteiger partial charge in [-0.3, -0.25) is 4.79 Å². The van der Waals surface area contributed by atoms with Crippen LogP contribution in [0.5, 0.6) is 5.75 Å². The van der Waals surface area contributed by atoms with Crippen LogP contribution in [-0.2, 0) is 4.79 Å². The van der Waals surface area contributed by atoms with E-state index in [4.69, 9.17) is 22.8 Å². The predicted octanol–water partition coefficient (Wildman–Crippen LogP) is 0.863. The number of halogens is 1. The van der Waals surface area contributed by atoms with Crippen molar-refractivity contribution in [2.75, 3.05) is 13.2 Å². The molecule has 0 unspecified atom stereocenters. The number of hydrogen-bond acceptors (Lipinski definition) is 3. The standard InChI is InChI=1S/C10H9ClN2O2/c1-2-5-12-9(14)7-15-8-4-3-6-13-10(8)11/h1,3-4,6H,5,7H2,(H,12,14). The van der Waals surface area contributed by atoms with Gasteiger partial charge < -0.3 is 10.1 Å². The quantitative estimate of drug-likeness (QED) is 0.610. The predicted molar refractivity (Wildman–Crippen MR) is 56.6 cm³/mol. The van der Waals surface area contributed by atoms with E-state index in [1.807, 2.05) is 0 Å². The molecule has 0 aliphatic carbocycles. The summed E-state index contributed by atoms with van der Waals surface area (Å²) in [6.07, 6.45) is 6.51. The van der Waals surface area contributed by atoms with Crippen LogP contribution < -0.4 is 10.1 Å². The number of amides is 1. The molecule has 1 rings (SSSR count). The molecule has 0 atom stereocenters. The monoisotopic (exact) mass is 224 g/mol. The maximum atomic E-state index is 11.1. The zero-order valence-electron chi connectivity index (χ0n) is 7.87. The molecule has 1 aromatic rings. The van der Waals surface area contributed by atoms with Gasteiger partial charge in [-0.2, -0.15) is 0 Å². The van der Waals surface area contributed by atoms with Crippen LogP contribution in [0.4, 0.5) is 0 Å². The molecular weight excluding hydrogens is 216 g/mol. The first-order chi connectivity index (χ1) is 7.24. The average Bonchev–Trinajstić information content (AvgIpc) is 2.25. The minimum absolute atomic E-state index is 0.132. The maximum absolute atomic E-state index is 11.1. The first-order valence-corrected chi connectivity index (χ1v) is 4.55. The van der Waals surface area contributed by atoms with Crippen LogP contribution in [0, 0.1) is 12.3 Å². The summed E-state index contributed by atoms with van der Waals surface area (Å²) in [6, 6.07) is 3.30. The van der Waals surface area contributed by atoms with E-state index in [2.05, 4.69) is 16.2 Å². The Kier molecular flexibility index (Phi) is 4.45. The van der Waals surface area contributed by atoms with Crippen LogP contribution in [0.1, 0.15) is 0 Å². The zero-order chi connectivity index (χ0) is 11.1. The molecule has 1 N–H and O–H groups in total. The van der Waals surface area contributed by atoms with E-state index in [1.54, 1.807) is 12.1 Å². The fourth-order valence-electron chi connectivity index (χ4n) is 0.823. The van der Waals surface area contributed by atoms with Crippen molar-refractivity contribution in [3.63, 3.8) is 0 Å². The number of aromatic nitrogens is 1. The molecule has 1 heterocycles. The fourth-order valence-corrected chi connectivity index (χ4v) is 0.997. The molecular formula is C10H9ClN2O2. The van der Waals surface area contributed by atoms with Crippen molar-refractivity contribution in [3.05, 3.63) is 23.5 Å². The highest BCUT2D eigenvalue weighted by molar-refractivity contribution is 6.30. The summed E-state index contributed by atoms with van der Waals surface area (Å²) >= 11 is 5.71. The average molecular weight is 225 g/mol. The lowest BCUT2D eigenvalue weighted by atomic mass is 10.4. The number of carbonyl (C=O) groups is 1. The van der Waals surface area contributed by atoms with Gasteiger partial charge in [0.25, 0.3) is 5.91 Å². The van der Waals surface area contributed by atoms with Crippen LogP contribution in [0.25, 0.3) is 0 Å². The van der Waals surface area contributed by atoms with Crippen molar-refractivity contribution in [1.82, 2.24) is 10.3 Å². The van der Waals surface area contributed by atoms with Crippen LogP contribution in [0.2, 0.25) is 5.15 Å². The summed E-state index contributed by atoms with van der Waals surface area (Å²) in [7, 11) is 0. The molecule has 78 valence electrons. The fraction of sp³-hybridized carbons (Fsp3) is 0.200. The van der Waals surface area contributed by atoms with Gasteiger partial charge in [0.05, 0.1) is 6.54 Å². The molecule has 0 spiro atoms. The van der Waals surface area contributed by atoms with E-state index in [0.717, 1.165) is 0 Å². The van der Waals surface area contributed by atoms with Gasteiger partial charge in [0.15, 0.2) is 17.5 Å². The van der Waals surface area contributed by atoms with Crippen molar-refractivity contribution in [1.29, 1.82) is 0 Å². The highest BCUT2D eigenvalue weighted by atomic mass is 35.5. The van der Waals surface area contributed by atoms with Crippen LogP contribution >= 0.6 is 11.6 Å². The largest absolute Gasteiger partial charge is 0.481 e. The summed E-state index contributed by atoms with van der Waals surface area (Å²) in [4.78, 5) is 14.9. The Hall–Kier alpha value is -1.73. The third-order valence-corrected chi connectivity index (χ3v) is 1.76. The van der Waals surface area contributed by atoms with E-state index in [-0.39, 0.29) is 24.2 Å². The van der Waals surface area contributed by atoms with Gasteiger partial charge in [-0.1, -0.05) is 17.5 Å². The first kappa shape index (κ1) is 11.3. The molecule has 5 heteroatoms. The van der Waals surface area contributed by atoms with Gasteiger partial charge >= 0.3 is 0 Å². The molecule has 0 radical (unpaired) electrons. The van der Waals surface area contributed by atoms with Gasteiger partial charge in [-0.25, -0.2) is 4.98 Å².